The van der Waals surface area contributed by atoms with Gasteiger partial charge in [0, 0.05) is 17.8 Å². The standard InChI is InChI=1S/C21H21Cl2N5O2S/c1-12-5-4-6-15(9-12)25-18(29)11-31-21-27-26-19(28(21)3)13(2)24-20(30)16-8-7-14(22)10-17(16)23/h4-10,13H,11H2,1-3H3,(H,24,30)(H,25,29)/t13-/m0/s1. The lowest BCUT2D eigenvalue weighted by Crippen LogP contribution is -2.28. The molecule has 2 aromatic carbocycles. The number of anilines is 1. The van der Waals surface area contributed by atoms with E-state index in [1.165, 1.54) is 17.8 Å². The molecule has 31 heavy (non-hydrogen) atoms. The van der Waals surface area contributed by atoms with Crippen LogP contribution in [-0.2, 0) is 11.8 Å². The highest BCUT2D eigenvalue weighted by Gasteiger charge is 2.20. The number of rotatable bonds is 7. The average molecular weight is 478 g/mol. The summed E-state index contributed by atoms with van der Waals surface area (Å²) in [6.45, 7) is 3.76. The van der Waals surface area contributed by atoms with E-state index in [4.69, 9.17) is 23.2 Å². The lowest BCUT2D eigenvalue weighted by Gasteiger charge is -2.14. The molecule has 1 atom stereocenters. The van der Waals surface area contributed by atoms with Crippen molar-refractivity contribution in [2.24, 2.45) is 7.05 Å². The second kappa shape index (κ2) is 10.2. The highest BCUT2D eigenvalue weighted by atomic mass is 35.5. The van der Waals surface area contributed by atoms with E-state index in [9.17, 15) is 9.59 Å². The predicted octanol–water partition coefficient (Wildman–Crippen LogP) is 4.65. The van der Waals surface area contributed by atoms with E-state index in [-0.39, 0.29) is 22.6 Å². The lowest BCUT2D eigenvalue weighted by molar-refractivity contribution is -0.113. The number of halogens is 2. The number of aromatic nitrogens is 3. The summed E-state index contributed by atoms with van der Waals surface area (Å²) < 4.78 is 1.75. The summed E-state index contributed by atoms with van der Waals surface area (Å²) in [5, 5.41) is 15.3. The Bertz CT molecular complexity index is 1120. The van der Waals surface area contributed by atoms with Crippen LogP contribution >= 0.6 is 35.0 Å². The number of carbonyl (C=O) groups is 2. The van der Waals surface area contributed by atoms with Gasteiger partial charge in [0.1, 0.15) is 0 Å². The minimum atomic E-state index is -0.424. The van der Waals surface area contributed by atoms with Gasteiger partial charge in [0.2, 0.25) is 5.91 Å². The Balaban J connectivity index is 1.59. The van der Waals surface area contributed by atoms with Gasteiger partial charge in [0.05, 0.1) is 22.4 Å². The quantitative estimate of drug-likeness (QED) is 0.483. The van der Waals surface area contributed by atoms with Crippen LogP contribution in [0.25, 0.3) is 0 Å². The molecule has 2 N–H and O–H groups in total. The van der Waals surface area contributed by atoms with Gasteiger partial charge in [0.25, 0.3) is 5.91 Å². The van der Waals surface area contributed by atoms with Crippen LogP contribution in [0.5, 0.6) is 0 Å². The second-order valence-electron chi connectivity index (χ2n) is 6.93. The van der Waals surface area contributed by atoms with E-state index >= 15 is 0 Å². The van der Waals surface area contributed by atoms with Crippen LogP contribution in [-0.4, -0.2) is 32.3 Å². The lowest BCUT2D eigenvalue weighted by atomic mass is 10.2. The van der Waals surface area contributed by atoms with Gasteiger partial charge in [-0.2, -0.15) is 0 Å². The molecule has 10 heteroatoms. The SMILES string of the molecule is Cc1cccc(NC(=O)CSc2nnc([C@H](C)NC(=O)c3ccc(Cl)cc3Cl)n2C)c1. The van der Waals surface area contributed by atoms with Crippen LogP contribution in [0.4, 0.5) is 5.69 Å². The van der Waals surface area contributed by atoms with Gasteiger partial charge in [-0.15, -0.1) is 10.2 Å². The highest BCUT2D eigenvalue weighted by molar-refractivity contribution is 7.99. The first-order valence-corrected chi connectivity index (χ1v) is 11.1. The summed E-state index contributed by atoms with van der Waals surface area (Å²) in [5.41, 5.74) is 2.14. The van der Waals surface area contributed by atoms with Gasteiger partial charge >= 0.3 is 0 Å². The maximum absolute atomic E-state index is 12.5. The molecule has 0 fully saturated rings. The van der Waals surface area contributed by atoms with Crippen molar-refractivity contribution >= 4 is 52.5 Å². The Hall–Kier alpha value is -2.55. The molecule has 162 valence electrons. The Morgan fingerprint density at radius 3 is 2.65 bits per heavy atom. The van der Waals surface area contributed by atoms with E-state index in [0.717, 1.165) is 11.3 Å². The normalized spacial score (nSPS) is 11.8. The largest absolute Gasteiger partial charge is 0.342 e. The van der Waals surface area contributed by atoms with Crippen molar-refractivity contribution in [1.29, 1.82) is 0 Å². The molecular formula is C21H21Cl2N5O2S. The molecule has 0 spiro atoms. The Labute approximate surface area is 194 Å². The van der Waals surface area contributed by atoms with E-state index in [1.54, 1.807) is 30.7 Å². The van der Waals surface area contributed by atoms with Crippen LogP contribution in [0.3, 0.4) is 0 Å². The summed E-state index contributed by atoms with van der Waals surface area (Å²) in [7, 11) is 1.79. The predicted molar refractivity (Wildman–Crippen MR) is 124 cm³/mol. The Morgan fingerprint density at radius 1 is 1.16 bits per heavy atom. The number of aryl methyl sites for hydroxylation is 1. The van der Waals surface area contributed by atoms with E-state index in [1.807, 2.05) is 31.2 Å². The highest BCUT2D eigenvalue weighted by Crippen LogP contribution is 2.23. The van der Waals surface area contributed by atoms with Crippen LogP contribution in [0.1, 0.15) is 34.7 Å². The molecule has 0 saturated heterocycles. The molecule has 0 aliphatic rings. The van der Waals surface area contributed by atoms with Crippen LogP contribution < -0.4 is 10.6 Å². The number of thioether (sulfide) groups is 1. The summed E-state index contributed by atoms with van der Waals surface area (Å²) in [6.07, 6.45) is 0. The summed E-state index contributed by atoms with van der Waals surface area (Å²) in [4.78, 5) is 24.8. The fourth-order valence-electron chi connectivity index (χ4n) is 2.89. The van der Waals surface area contributed by atoms with Crippen LogP contribution in [0.2, 0.25) is 10.0 Å². The van der Waals surface area contributed by atoms with Crippen molar-refractivity contribution in [3.63, 3.8) is 0 Å². The number of hydrogen-bond acceptors (Lipinski definition) is 5. The van der Waals surface area contributed by atoms with E-state index < -0.39 is 6.04 Å². The number of hydrogen-bond donors (Lipinski definition) is 2. The average Bonchev–Trinajstić information content (AvgIpc) is 3.06. The minimum Gasteiger partial charge on any atom is -0.342 e. The van der Waals surface area contributed by atoms with Crippen molar-refractivity contribution in [2.45, 2.75) is 25.0 Å². The van der Waals surface area contributed by atoms with Crippen molar-refractivity contribution in [2.75, 3.05) is 11.1 Å². The first kappa shape index (κ1) is 23.1. The van der Waals surface area contributed by atoms with Gasteiger partial charge in [-0.05, 0) is 49.7 Å². The molecule has 0 bridgehead atoms. The first-order chi connectivity index (χ1) is 14.7. The topological polar surface area (TPSA) is 88.9 Å². The van der Waals surface area contributed by atoms with Crippen molar-refractivity contribution in [1.82, 2.24) is 20.1 Å². The van der Waals surface area contributed by atoms with Crippen LogP contribution in [0, 0.1) is 6.92 Å². The number of amides is 2. The molecule has 0 aliphatic heterocycles. The number of nitrogens with one attached hydrogen (secondary N) is 2. The van der Waals surface area contributed by atoms with Crippen molar-refractivity contribution in [3.05, 3.63) is 69.5 Å². The number of nitrogens with zero attached hydrogens (tertiary/aromatic N) is 3. The minimum absolute atomic E-state index is 0.140. The zero-order valence-corrected chi connectivity index (χ0v) is 19.5. The molecule has 1 aromatic heterocycles. The first-order valence-electron chi connectivity index (χ1n) is 9.39. The van der Waals surface area contributed by atoms with Gasteiger partial charge < -0.3 is 15.2 Å². The Morgan fingerprint density at radius 2 is 1.94 bits per heavy atom. The fraction of sp³-hybridized carbons (Fsp3) is 0.238. The third kappa shape index (κ3) is 6.00. The van der Waals surface area contributed by atoms with Gasteiger partial charge in [0.15, 0.2) is 11.0 Å². The van der Waals surface area contributed by atoms with E-state index in [0.29, 0.717) is 21.6 Å². The Kier molecular flexibility index (Phi) is 7.59. The smallest absolute Gasteiger partial charge is 0.253 e. The zero-order chi connectivity index (χ0) is 22.5. The van der Waals surface area contributed by atoms with Crippen LogP contribution in [0.15, 0.2) is 47.6 Å². The van der Waals surface area contributed by atoms with Gasteiger partial charge in [-0.25, -0.2) is 0 Å². The summed E-state index contributed by atoms with van der Waals surface area (Å²) in [5.74, 6) is 0.254. The summed E-state index contributed by atoms with van der Waals surface area (Å²) >= 11 is 13.3. The molecule has 0 aliphatic carbocycles. The van der Waals surface area contributed by atoms with E-state index in [2.05, 4.69) is 20.8 Å². The number of benzene rings is 2. The second-order valence-corrected chi connectivity index (χ2v) is 8.71. The fourth-order valence-corrected chi connectivity index (χ4v) is 4.10. The molecule has 0 saturated carbocycles. The summed E-state index contributed by atoms with van der Waals surface area (Å²) in [6, 6.07) is 11.9. The third-order valence-corrected chi connectivity index (χ3v) is 5.98. The maximum atomic E-state index is 12.5. The molecule has 0 radical (unpaired) electrons. The molecular weight excluding hydrogens is 457 g/mol. The third-order valence-electron chi connectivity index (χ3n) is 4.41. The van der Waals surface area contributed by atoms with Crippen molar-refractivity contribution < 1.29 is 9.59 Å². The van der Waals surface area contributed by atoms with Gasteiger partial charge in [-0.1, -0.05) is 47.1 Å². The maximum Gasteiger partial charge on any atom is 0.253 e. The zero-order valence-electron chi connectivity index (χ0n) is 17.1. The van der Waals surface area contributed by atoms with Gasteiger partial charge in [-0.3, -0.25) is 9.59 Å². The molecule has 3 rings (SSSR count). The monoisotopic (exact) mass is 477 g/mol. The molecule has 1 heterocycles. The molecule has 2 amide bonds. The molecule has 7 nitrogen and oxygen atoms in total. The number of carbonyl (C=O) groups excluding carboxylic acids is 2. The molecule has 0 unspecified atom stereocenters. The van der Waals surface area contributed by atoms with Crippen molar-refractivity contribution in [3.8, 4) is 0 Å². The molecule has 3 aromatic rings.